The van der Waals surface area contributed by atoms with Crippen molar-refractivity contribution in [3.63, 3.8) is 0 Å². The molecule has 7 nitrogen and oxygen atoms in total. The number of amides is 4. The van der Waals surface area contributed by atoms with E-state index < -0.39 is 35.2 Å². The summed E-state index contributed by atoms with van der Waals surface area (Å²) in [6.07, 6.45) is 1.18. The fourth-order valence-corrected chi connectivity index (χ4v) is 2.51. The molecule has 27 heavy (non-hydrogen) atoms. The van der Waals surface area contributed by atoms with Gasteiger partial charge >= 0.3 is 12.0 Å². The lowest BCUT2D eigenvalue weighted by atomic mass is 10.1. The summed E-state index contributed by atoms with van der Waals surface area (Å²) in [5.41, 5.74) is -0.418. The average molecular weight is 368 g/mol. The van der Waals surface area contributed by atoms with Crippen LogP contribution in [0.3, 0.4) is 0 Å². The van der Waals surface area contributed by atoms with Crippen LogP contribution >= 0.6 is 0 Å². The van der Waals surface area contributed by atoms with Gasteiger partial charge in [-0.05, 0) is 24.3 Å². The second kappa shape index (κ2) is 7.20. The number of carbonyl (C=O) groups excluding carboxylic acids is 4. The monoisotopic (exact) mass is 368 g/mol. The maximum absolute atomic E-state index is 14.0. The summed E-state index contributed by atoms with van der Waals surface area (Å²) in [6.45, 7) is 1.21. The van der Waals surface area contributed by atoms with E-state index in [9.17, 15) is 23.6 Å². The summed E-state index contributed by atoms with van der Waals surface area (Å²) in [4.78, 5) is 48.8. The normalized spacial score (nSPS) is 15.7. The van der Waals surface area contributed by atoms with Gasteiger partial charge in [0, 0.05) is 12.5 Å². The number of nitrogens with zero attached hydrogens (tertiary/aromatic N) is 1. The summed E-state index contributed by atoms with van der Waals surface area (Å²) in [5, 5.41) is 2.00. The molecule has 1 N–H and O–H groups in total. The van der Waals surface area contributed by atoms with Crippen LogP contribution in [-0.4, -0.2) is 23.8 Å². The molecular formula is C19H13FN2O5. The van der Waals surface area contributed by atoms with Crippen molar-refractivity contribution in [3.05, 3.63) is 65.5 Å². The Kier molecular flexibility index (Phi) is 4.80. The second-order valence-electron chi connectivity index (χ2n) is 5.54. The number of ether oxygens (including phenoxy) is 1. The highest BCUT2D eigenvalue weighted by Crippen LogP contribution is 2.26. The zero-order chi connectivity index (χ0) is 19.6. The lowest BCUT2D eigenvalue weighted by molar-refractivity contribution is -0.132. The van der Waals surface area contributed by atoms with Crippen LogP contribution < -0.4 is 15.0 Å². The summed E-state index contributed by atoms with van der Waals surface area (Å²) in [6, 6.07) is 10.4. The Morgan fingerprint density at radius 3 is 2.44 bits per heavy atom. The number of nitrogens with one attached hydrogen (secondary N) is 1. The van der Waals surface area contributed by atoms with E-state index in [1.807, 2.05) is 5.32 Å². The minimum atomic E-state index is -1.06. The van der Waals surface area contributed by atoms with E-state index in [4.69, 9.17) is 4.74 Å². The predicted molar refractivity (Wildman–Crippen MR) is 93.2 cm³/mol. The van der Waals surface area contributed by atoms with Crippen LogP contribution in [0, 0.1) is 5.82 Å². The third-order valence-electron chi connectivity index (χ3n) is 3.67. The molecule has 8 heteroatoms. The quantitative estimate of drug-likeness (QED) is 0.389. The van der Waals surface area contributed by atoms with E-state index in [0.29, 0.717) is 4.90 Å². The Morgan fingerprint density at radius 1 is 1.07 bits per heavy atom. The van der Waals surface area contributed by atoms with Gasteiger partial charge in [0.25, 0.3) is 11.8 Å². The summed E-state index contributed by atoms with van der Waals surface area (Å²) >= 11 is 0. The van der Waals surface area contributed by atoms with E-state index in [-0.39, 0.29) is 17.0 Å². The summed E-state index contributed by atoms with van der Waals surface area (Å²) in [5.74, 6) is -3.17. The number of halogens is 1. The topological polar surface area (TPSA) is 92.8 Å². The number of hydrogen-bond acceptors (Lipinski definition) is 5. The molecular weight excluding hydrogens is 355 g/mol. The van der Waals surface area contributed by atoms with Crippen molar-refractivity contribution in [3.8, 4) is 5.75 Å². The molecule has 0 spiro atoms. The first-order chi connectivity index (χ1) is 12.9. The lowest BCUT2D eigenvalue weighted by Crippen LogP contribution is -2.54. The highest BCUT2D eigenvalue weighted by molar-refractivity contribution is 6.39. The first-order valence-electron chi connectivity index (χ1n) is 7.82. The number of rotatable bonds is 3. The van der Waals surface area contributed by atoms with E-state index in [1.165, 1.54) is 43.3 Å². The van der Waals surface area contributed by atoms with Crippen molar-refractivity contribution >= 4 is 35.6 Å². The van der Waals surface area contributed by atoms with Gasteiger partial charge in [0.15, 0.2) is 0 Å². The minimum absolute atomic E-state index is 0.132. The van der Waals surface area contributed by atoms with Crippen LogP contribution in [0.4, 0.5) is 14.9 Å². The molecule has 2 aromatic rings. The van der Waals surface area contributed by atoms with Crippen molar-refractivity contribution in [1.82, 2.24) is 5.32 Å². The molecule has 1 fully saturated rings. The van der Waals surface area contributed by atoms with E-state index >= 15 is 0 Å². The van der Waals surface area contributed by atoms with Crippen molar-refractivity contribution < 1.29 is 28.3 Å². The first-order valence-corrected chi connectivity index (χ1v) is 7.82. The van der Waals surface area contributed by atoms with Crippen LogP contribution in [0.15, 0.2) is 54.1 Å². The number of para-hydroxylation sites is 2. The van der Waals surface area contributed by atoms with Crippen LogP contribution in [0.5, 0.6) is 5.75 Å². The average Bonchev–Trinajstić information content (AvgIpc) is 2.61. The molecule has 1 saturated heterocycles. The summed E-state index contributed by atoms with van der Waals surface area (Å²) < 4.78 is 19.1. The molecule has 0 aliphatic carbocycles. The van der Waals surface area contributed by atoms with Gasteiger partial charge in [-0.15, -0.1) is 0 Å². The SMILES string of the molecule is CC(=O)Oc1ccccc1/C=C1/C(=O)NC(=O)N(c2ccccc2F)C1=O. The molecule has 0 bridgehead atoms. The molecule has 4 amide bonds. The zero-order valence-corrected chi connectivity index (χ0v) is 14.1. The molecule has 0 atom stereocenters. The molecule has 1 aliphatic heterocycles. The fourth-order valence-electron chi connectivity index (χ4n) is 2.51. The van der Waals surface area contributed by atoms with Gasteiger partial charge in [0.1, 0.15) is 17.1 Å². The van der Waals surface area contributed by atoms with Crippen molar-refractivity contribution in [2.24, 2.45) is 0 Å². The van der Waals surface area contributed by atoms with Gasteiger partial charge in [-0.3, -0.25) is 19.7 Å². The van der Waals surface area contributed by atoms with Crippen LogP contribution in [0.25, 0.3) is 6.08 Å². The molecule has 2 aromatic carbocycles. The van der Waals surface area contributed by atoms with E-state index in [2.05, 4.69) is 0 Å². The molecule has 0 aromatic heterocycles. The molecule has 1 aliphatic rings. The van der Waals surface area contributed by atoms with Crippen molar-refractivity contribution in [1.29, 1.82) is 0 Å². The number of hydrogen-bond donors (Lipinski definition) is 1. The van der Waals surface area contributed by atoms with Gasteiger partial charge < -0.3 is 4.74 Å². The Bertz CT molecular complexity index is 999. The van der Waals surface area contributed by atoms with Crippen LogP contribution in [0.1, 0.15) is 12.5 Å². The van der Waals surface area contributed by atoms with Crippen molar-refractivity contribution in [2.45, 2.75) is 6.92 Å². The zero-order valence-electron chi connectivity index (χ0n) is 14.1. The molecule has 0 saturated carbocycles. The van der Waals surface area contributed by atoms with Gasteiger partial charge in [0.05, 0.1) is 5.69 Å². The van der Waals surface area contributed by atoms with Gasteiger partial charge in [-0.2, -0.15) is 0 Å². The first kappa shape index (κ1) is 18.0. The maximum atomic E-state index is 14.0. The smallest absolute Gasteiger partial charge is 0.336 e. The number of anilines is 1. The summed E-state index contributed by atoms with van der Waals surface area (Å²) in [7, 11) is 0. The van der Waals surface area contributed by atoms with Gasteiger partial charge in [-0.1, -0.05) is 30.3 Å². The lowest BCUT2D eigenvalue weighted by Gasteiger charge is -2.26. The van der Waals surface area contributed by atoms with Gasteiger partial charge in [-0.25, -0.2) is 14.1 Å². The number of benzene rings is 2. The van der Waals surface area contributed by atoms with E-state index in [0.717, 1.165) is 6.07 Å². The number of carbonyl (C=O) groups is 4. The Morgan fingerprint density at radius 2 is 1.74 bits per heavy atom. The number of urea groups is 1. The minimum Gasteiger partial charge on any atom is -0.426 e. The highest BCUT2D eigenvalue weighted by atomic mass is 19.1. The van der Waals surface area contributed by atoms with Crippen LogP contribution in [0.2, 0.25) is 0 Å². The third-order valence-corrected chi connectivity index (χ3v) is 3.67. The molecule has 136 valence electrons. The Labute approximate surface area is 153 Å². The second-order valence-corrected chi connectivity index (χ2v) is 5.54. The van der Waals surface area contributed by atoms with E-state index in [1.54, 1.807) is 12.1 Å². The fraction of sp³-hybridized carbons (Fsp3) is 0.0526. The molecule has 1 heterocycles. The van der Waals surface area contributed by atoms with Crippen LogP contribution in [-0.2, 0) is 14.4 Å². The largest absolute Gasteiger partial charge is 0.426 e. The number of barbiturate groups is 1. The maximum Gasteiger partial charge on any atom is 0.336 e. The van der Waals surface area contributed by atoms with Crippen molar-refractivity contribution in [2.75, 3.05) is 4.90 Å². The number of imide groups is 2. The Balaban J connectivity index is 2.06. The predicted octanol–water partition coefficient (Wildman–Crippen LogP) is 2.42. The third kappa shape index (κ3) is 3.59. The molecule has 0 unspecified atom stereocenters. The standard InChI is InChI=1S/C19H13FN2O5/c1-11(23)27-16-9-5-2-6-12(16)10-13-17(24)21-19(26)22(18(13)25)15-8-4-3-7-14(15)20/h2-10H,1H3,(H,21,24,26)/b13-10-. The molecule has 0 radical (unpaired) electrons. The highest BCUT2D eigenvalue weighted by Gasteiger charge is 2.38. The Hall–Kier alpha value is -3.81. The number of esters is 1. The van der Waals surface area contributed by atoms with Gasteiger partial charge in [0.2, 0.25) is 0 Å². The molecule has 3 rings (SSSR count).